The van der Waals surface area contributed by atoms with Gasteiger partial charge in [-0.05, 0) is 13.0 Å². The second kappa shape index (κ2) is 8.30. The van der Waals surface area contributed by atoms with Crippen molar-refractivity contribution >= 4 is 11.8 Å². The molecule has 0 bridgehead atoms. The molecule has 0 spiro atoms. The van der Waals surface area contributed by atoms with Crippen LogP contribution in [0.4, 0.5) is 0 Å². The number of nitrogens with one attached hydrogen (secondary N) is 1. The summed E-state index contributed by atoms with van der Waals surface area (Å²) in [6, 6.07) is 0. The van der Waals surface area contributed by atoms with Gasteiger partial charge in [0.25, 0.3) is 0 Å². The van der Waals surface area contributed by atoms with E-state index in [-0.39, 0.29) is 18.3 Å². The number of amides is 2. The molecule has 0 fully saturated rings. The molecule has 16 heavy (non-hydrogen) atoms. The largest absolute Gasteiger partial charge is 1.00 e. The Bertz CT molecular complexity index is 252. The van der Waals surface area contributed by atoms with Crippen LogP contribution in [0.5, 0.6) is 0 Å². The van der Waals surface area contributed by atoms with Crippen LogP contribution in [0.3, 0.4) is 0 Å². The predicted octanol–water partition coefficient (Wildman–Crippen LogP) is -2.30. The number of rotatable bonds is 6. The Morgan fingerprint density at radius 3 is 2.38 bits per heavy atom. The third kappa shape index (κ3) is 8.44. The molecule has 2 amide bonds. The highest BCUT2D eigenvalue weighted by Gasteiger charge is 2.12. The molecule has 1 N–H and O–H groups in total. The van der Waals surface area contributed by atoms with Crippen molar-refractivity contribution < 1.29 is 26.5 Å². The Balaban J connectivity index is 0. The lowest BCUT2D eigenvalue weighted by Gasteiger charge is -2.27. The number of halogens is 1. The van der Waals surface area contributed by atoms with Crippen molar-refractivity contribution in [2.75, 3.05) is 27.2 Å². The molecule has 0 aliphatic heterocycles. The van der Waals surface area contributed by atoms with Gasteiger partial charge in [-0.15, -0.1) is 0 Å². The lowest BCUT2D eigenvalue weighted by atomic mass is 10.2. The first-order chi connectivity index (χ1) is 6.91. The van der Waals surface area contributed by atoms with E-state index in [9.17, 15) is 9.59 Å². The van der Waals surface area contributed by atoms with Crippen molar-refractivity contribution in [1.82, 2.24) is 5.32 Å². The zero-order valence-electron chi connectivity index (χ0n) is 10.3. The van der Waals surface area contributed by atoms with E-state index in [2.05, 4.69) is 32.9 Å². The van der Waals surface area contributed by atoms with E-state index < -0.39 is 5.91 Å². The quantitative estimate of drug-likeness (QED) is 0.424. The summed E-state index contributed by atoms with van der Waals surface area (Å²) >= 11 is 0. The summed E-state index contributed by atoms with van der Waals surface area (Å²) in [5, 5.41) is 2.23. The van der Waals surface area contributed by atoms with E-state index in [1.807, 2.05) is 0 Å². The van der Waals surface area contributed by atoms with Crippen LogP contribution in [0, 0.1) is 0 Å². The topological polar surface area (TPSA) is 46.2 Å². The fourth-order valence-corrected chi connectivity index (χ4v) is 1.08. The molecule has 0 aromatic heterocycles. The minimum Gasteiger partial charge on any atom is -1.00 e. The maximum Gasteiger partial charge on any atom is 0.249 e. The molecule has 4 nitrogen and oxygen atoms in total. The van der Waals surface area contributed by atoms with Crippen LogP contribution < -0.4 is 17.7 Å². The molecular formula is C11H21ClN2O2. The molecule has 94 valence electrons. The summed E-state index contributed by atoms with van der Waals surface area (Å²) < 4.78 is 0.892. The van der Waals surface area contributed by atoms with Crippen molar-refractivity contribution in [1.29, 1.82) is 0 Å². The van der Waals surface area contributed by atoms with E-state index >= 15 is 0 Å². The Morgan fingerprint density at radius 1 is 1.38 bits per heavy atom. The highest BCUT2D eigenvalue weighted by Crippen LogP contribution is 2.00. The van der Waals surface area contributed by atoms with Gasteiger partial charge >= 0.3 is 0 Å². The second-order valence-corrected chi connectivity index (χ2v) is 4.20. The number of imide groups is 1. The first-order valence-corrected chi connectivity index (χ1v) is 5.19. The van der Waals surface area contributed by atoms with Gasteiger partial charge in [-0.1, -0.05) is 6.58 Å². The van der Waals surface area contributed by atoms with Crippen LogP contribution >= 0.6 is 0 Å². The van der Waals surface area contributed by atoms with Gasteiger partial charge in [0.2, 0.25) is 11.8 Å². The minimum absolute atomic E-state index is 0. The SMILES string of the molecule is C=CC(=O)NC(=O)CCC[N+](C)(C)CC.[Cl-]. The van der Waals surface area contributed by atoms with Crippen LogP contribution in [0.15, 0.2) is 12.7 Å². The van der Waals surface area contributed by atoms with E-state index in [4.69, 9.17) is 0 Å². The van der Waals surface area contributed by atoms with Gasteiger partial charge in [-0.2, -0.15) is 0 Å². The van der Waals surface area contributed by atoms with Gasteiger partial charge in [0.15, 0.2) is 0 Å². The van der Waals surface area contributed by atoms with Gasteiger partial charge in [0.05, 0.1) is 27.2 Å². The summed E-state index contributed by atoms with van der Waals surface area (Å²) in [6.07, 6.45) is 2.28. The maximum atomic E-state index is 11.2. The van der Waals surface area contributed by atoms with Gasteiger partial charge in [0.1, 0.15) is 0 Å². The van der Waals surface area contributed by atoms with E-state index in [0.29, 0.717) is 6.42 Å². The van der Waals surface area contributed by atoms with Crippen LogP contribution in [-0.4, -0.2) is 43.5 Å². The average molecular weight is 249 g/mol. The van der Waals surface area contributed by atoms with Crippen LogP contribution in [-0.2, 0) is 9.59 Å². The van der Waals surface area contributed by atoms with Crippen LogP contribution in [0.25, 0.3) is 0 Å². The normalized spacial score (nSPS) is 10.2. The lowest BCUT2D eigenvalue weighted by Crippen LogP contribution is -3.00. The minimum atomic E-state index is -0.427. The highest BCUT2D eigenvalue weighted by atomic mass is 35.5. The molecule has 0 unspecified atom stereocenters. The Morgan fingerprint density at radius 2 is 1.94 bits per heavy atom. The summed E-state index contributed by atoms with van der Waals surface area (Å²) in [7, 11) is 4.24. The highest BCUT2D eigenvalue weighted by molar-refractivity contribution is 6.00. The molecule has 0 heterocycles. The van der Waals surface area contributed by atoms with Crippen LogP contribution in [0.1, 0.15) is 19.8 Å². The van der Waals surface area contributed by atoms with Crippen molar-refractivity contribution in [2.45, 2.75) is 19.8 Å². The summed E-state index contributed by atoms with van der Waals surface area (Å²) in [4.78, 5) is 22.0. The summed E-state index contributed by atoms with van der Waals surface area (Å²) in [5.41, 5.74) is 0. The van der Waals surface area contributed by atoms with Gasteiger partial charge < -0.3 is 16.9 Å². The third-order valence-electron chi connectivity index (χ3n) is 2.47. The van der Waals surface area contributed by atoms with E-state index in [1.165, 1.54) is 0 Å². The van der Waals surface area contributed by atoms with Gasteiger partial charge in [-0.25, -0.2) is 0 Å². The molecule has 0 atom stereocenters. The monoisotopic (exact) mass is 248 g/mol. The molecule has 5 heteroatoms. The molecule has 0 saturated carbocycles. The lowest BCUT2D eigenvalue weighted by molar-refractivity contribution is -0.888. The Hall–Kier alpha value is -0.870. The number of carbonyl (C=O) groups excluding carboxylic acids is 2. The molecule has 0 aliphatic carbocycles. The second-order valence-electron chi connectivity index (χ2n) is 4.20. The Labute approximate surface area is 104 Å². The molecular weight excluding hydrogens is 228 g/mol. The van der Waals surface area contributed by atoms with Crippen molar-refractivity contribution in [3.8, 4) is 0 Å². The number of hydrogen-bond donors (Lipinski definition) is 1. The molecule has 0 aromatic rings. The maximum absolute atomic E-state index is 11.2. The first kappa shape index (κ1) is 17.5. The fraction of sp³-hybridized carbons (Fsp3) is 0.636. The zero-order valence-corrected chi connectivity index (χ0v) is 11.0. The average Bonchev–Trinajstić information content (AvgIpc) is 2.17. The van der Waals surface area contributed by atoms with Crippen molar-refractivity contribution in [3.63, 3.8) is 0 Å². The predicted molar refractivity (Wildman–Crippen MR) is 60.1 cm³/mol. The molecule has 0 rings (SSSR count). The number of quaternary nitrogens is 1. The number of nitrogens with zero attached hydrogens (tertiary/aromatic N) is 1. The number of carbonyl (C=O) groups is 2. The number of hydrogen-bond acceptors (Lipinski definition) is 2. The first-order valence-electron chi connectivity index (χ1n) is 5.19. The van der Waals surface area contributed by atoms with Gasteiger partial charge in [0, 0.05) is 12.8 Å². The summed E-state index contributed by atoms with van der Waals surface area (Å²) in [6.45, 7) is 7.36. The third-order valence-corrected chi connectivity index (χ3v) is 2.47. The smallest absolute Gasteiger partial charge is 0.249 e. The van der Waals surface area contributed by atoms with Crippen LogP contribution in [0.2, 0.25) is 0 Å². The van der Waals surface area contributed by atoms with Crippen molar-refractivity contribution in [2.24, 2.45) is 0 Å². The Kier molecular flexibility index (Phi) is 9.09. The molecule has 0 radical (unpaired) electrons. The van der Waals surface area contributed by atoms with E-state index in [0.717, 1.165) is 30.1 Å². The van der Waals surface area contributed by atoms with E-state index in [1.54, 1.807) is 0 Å². The van der Waals surface area contributed by atoms with Gasteiger partial charge in [-0.3, -0.25) is 14.9 Å². The molecule has 0 aliphatic rings. The fourth-order valence-electron chi connectivity index (χ4n) is 1.08. The zero-order chi connectivity index (χ0) is 11.9. The summed E-state index contributed by atoms with van der Waals surface area (Å²) in [5.74, 6) is -0.653. The molecule has 0 saturated heterocycles. The standard InChI is InChI=1S/C11H20N2O2.ClH/c1-5-10(14)12-11(15)8-7-9-13(3,4)6-2;/h5H,1,6-9H2,2-4H3;1H. The molecule has 0 aromatic carbocycles. The van der Waals surface area contributed by atoms with Crippen molar-refractivity contribution in [3.05, 3.63) is 12.7 Å².